The SMILES string of the molecule is CC(C)C(NC(=O)C(Oc1ccc(CNC(=O)[C@@H]2SCCN2C(=O)C[C@H](N)Cc2cc(F)c(F)cc2F)cc1)C(C)C)C(=O)O.Cl. The lowest BCUT2D eigenvalue weighted by Crippen LogP contribution is -2.51. The average Bonchev–Trinajstić information content (AvgIpc) is 3.46. The number of hydrogen-bond acceptors (Lipinski definition) is 7. The topological polar surface area (TPSA) is 151 Å². The van der Waals surface area contributed by atoms with Gasteiger partial charge < -0.3 is 31.1 Å². The molecule has 46 heavy (non-hydrogen) atoms. The van der Waals surface area contributed by atoms with E-state index in [1.807, 2.05) is 0 Å². The lowest BCUT2D eigenvalue weighted by Gasteiger charge is -2.25. The second kappa shape index (κ2) is 17.4. The van der Waals surface area contributed by atoms with Crippen LogP contribution in [0.4, 0.5) is 13.2 Å². The molecule has 0 aromatic heterocycles. The maximum absolute atomic E-state index is 14.0. The molecule has 2 unspecified atom stereocenters. The molecule has 0 bridgehead atoms. The Kier molecular flexibility index (Phi) is 14.7. The van der Waals surface area contributed by atoms with Crippen molar-refractivity contribution in [2.45, 2.75) is 70.6 Å². The second-order valence-corrected chi connectivity index (χ2v) is 12.7. The molecule has 0 radical (unpaired) electrons. The first kappa shape index (κ1) is 38.7. The van der Waals surface area contributed by atoms with Gasteiger partial charge in [0, 0.05) is 37.4 Å². The Balaban J connectivity index is 0.00000736. The first-order chi connectivity index (χ1) is 21.2. The van der Waals surface area contributed by atoms with Crippen molar-refractivity contribution in [2.24, 2.45) is 17.6 Å². The largest absolute Gasteiger partial charge is 0.480 e. The number of amides is 3. The molecule has 4 atom stereocenters. The highest BCUT2D eigenvalue weighted by Gasteiger charge is 2.35. The van der Waals surface area contributed by atoms with Gasteiger partial charge in [0.15, 0.2) is 23.1 Å². The molecule has 5 N–H and O–H groups in total. The third-order valence-corrected chi connectivity index (χ3v) is 8.39. The third-order valence-electron chi connectivity index (χ3n) is 7.19. The van der Waals surface area contributed by atoms with Gasteiger partial charge >= 0.3 is 5.97 Å². The molecule has 2 aromatic rings. The van der Waals surface area contributed by atoms with Crippen molar-refractivity contribution in [3.05, 3.63) is 65.0 Å². The molecule has 1 aliphatic rings. The van der Waals surface area contributed by atoms with E-state index in [2.05, 4.69) is 10.6 Å². The number of nitrogens with two attached hydrogens (primary N) is 1. The van der Waals surface area contributed by atoms with Crippen LogP contribution >= 0.6 is 24.2 Å². The van der Waals surface area contributed by atoms with E-state index < -0.39 is 58.8 Å². The van der Waals surface area contributed by atoms with E-state index in [4.69, 9.17) is 10.5 Å². The lowest BCUT2D eigenvalue weighted by molar-refractivity contribution is -0.144. The molecule has 2 aromatic carbocycles. The number of halogens is 4. The summed E-state index contributed by atoms with van der Waals surface area (Å²) in [7, 11) is 0. The monoisotopic (exact) mass is 688 g/mol. The smallest absolute Gasteiger partial charge is 0.326 e. The predicted octanol–water partition coefficient (Wildman–Crippen LogP) is 3.63. The van der Waals surface area contributed by atoms with Gasteiger partial charge in [-0.3, -0.25) is 14.4 Å². The number of nitrogens with one attached hydrogen (secondary N) is 2. The number of hydrogen-bond donors (Lipinski definition) is 4. The van der Waals surface area contributed by atoms with Crippen molar-refractivity contribution in [1.82, 2.24) is 15.5 Å². The number of carboxylic acid groups (broad SMARTS) is 1. The van der Waals surface area contributed by atoms with Crippen LogP contribution in [0.2, 0.25) is 0 Å². The zero-order valence-electron chi connectivity index (χ0n) is 25.9. The fourth-order valence-electron chi connectivity index (χ4n) is 4.71. The summed E-state index contributed by atoms with van der Waals surface area (Å²) in [6.07, 6.45) is -1.33. The number of rotatable bonds is 14. The molecule has 0 spiro atoms. The van der Waals surface area contributed by atoms with Crippen LogP contribution in [-0.2, 0) is 32.1 Å². The minimum Gasteiger partial charge on any atom is -0.480 e. The Morgan fingerprint density at radius 3 is 2.24 bits per heavy atom. The Morgan fingerprint density at radius 1 is 1.02 bits per heavy atom. The standard InChI is InChI=1S/C31H39F3N4O6S.ClH/c1-16(2)26(31(42)43)37-28(40)27(17(3)4)44-21-7-5-18(6-8-21)15-36-29(41)30-38(9-10-45-30)25(39)13-20(35)11-19-12-23(33)24(34)14-22(19)32;/h5-8,12,14,16-17,20,26-27,30H,9-11,13,15,35H2,1-4H3,(H,36,41)(H,37,40)(H,42,43);1H/t20-,26?,27?,30+;/m1./s1. The number of thioether (sulfide) groups is 1. The van der Waals surface area contributed by atoms with E-state index in [-0.39, 0.29) is 55.1 Å². The van der Waals surface area contributed by atoms with Gasteiger partial charge in [0.25, 0.3) is 11.8 Å². The number of carboxylic acids is 1. The molecule has 1 heterocycles. The highest BCUT2D eigenvalue weighted by atomic mass is 35.5. The average molecular weight is 689 g/mol. The number of ether oxygens (including phenoxy) is 1. The molecular weight excluding hydrogens is 649 g/mol. The number of carbonyl (C=O) groups is 4. The maximum atomic E-state index is 14.0. The zero-order chi connectivity index (χ0) is 33.4. The first-order valence-electron chi connectivity index (χ1n) is 14.5. The molecule has 3 rings (SSSR count). The predicted molar refractivity (Wildman–Crippen MR) is 170 cm³/mol. The fourth-order valence-corrected chi connectivity index (χ4v) is 5.87. The first-order valence-corrected chi connectivity index (χ1v) is 15.6. The van der Waals surface area contributed by atoms with E-state index in [0.29, 0.717) is 24.1 Å². The Hall–Kier alpha value is -3.49. The van der Waals surface area contributed by atoms with Crippen LogP contribution in [0.15, 0.2) is 36.4 Å². The van der Waals surface area contributed by atoms with Crippen LogP contribution in [0, 0.1) is 29.3 Å². The van der Waals surface area contributed by atoms with E-state index >= 15 is 0 Å². The molecule has 3 amide bonds. The summed E-state index contributed by atoms with van der Waals surface area (Å²) in [5.41, 5.74) is 6.60. The van der Waals surface area contributed by atoms with Crippen molar-refractivity contribution >= 4 is 47.9 Å². The quantitative estimate of drug-likeness (QED) is 0.220. The van der Waals surface area contributed by atoms with Crippen LogP contribution in [0.5, 0.6) is 5.75 Å². The molecular formula is C31H40ClF3N4O6S. The van der Waals surface area contributed by atoms with E-state index in [9.17, 15) is 37.5 Å². The van der Waals surface area contributed by atoms with Gasteiger partial charge in [-0.2, -0.15) is 0 Å². The van der Waals surface area contributed by atoms with Crippen molar-refractivity contribution in [3.63, 3.8) is 0 Å². The minimum absolute atomic E-state index is 0. The lowest BCUT2D eigenvalue weighted by atomic mass is 10.0. The molecule has 1 fully saturated rings. The van der Waals surface area contributed by atoms with E-state index in [1.54, 1.807) is 52.0 Å². The molecule has 15 heteroatoms. The van der Waals surface area contributed by atoms with Crippen molar-refractivity contribution in [1.29, 1.82) is 0 Å². The minimum atomic E-state index is -1.31. The number of carbonyl (C=O) groups excluding carboxylic acids is 3. The maximum Gasteiger partial charge on any atom is 0.326 e. The van der Waals surface area contributed by atoms with Gasteiger partial charge in [0.05, 0.1) is 0 Å². The molecule has 1 saturated heterocycles. The number of benzene rings is 2. The van der Waals surface area contributed by atoms with Crippen LogP contribution < -0.4 is 21.1 Å². The molecule has 10 nitrogen and oxygen atoms in total. The fraction of sp³-hybridized carbons (Fsp3) is 0.484. The van der Waals surface area contributed by atoms with E-state index in [1.165, 1.54) is 16.7 Å². The highest BCUT2D eigenvalue weighted by Crippen LogP contribution is 2.26. The summed E-state index contributed by atoms with van der Waals surface area (Å²) in [6, 6.07) is 5.93. The van der Waals surface area contributed by atoms with Gasteiger partial charge in [-0.05, 0) is 47.6 Å². The summed E-state index contributed by atoms with van der Waals surface area (Å²) < 4.78 is 46.6. The Bertz CT molecular complexity index is 1380. The number of nitrogens with zero attached hydrogens (tertiary/aromatic N) is 1. The van der Waals surface area contributed by atoms with Crippen LogP contribution in [0.1, 0.15) is 45.2 Å². The summed E-state index contributed by atoms with van der Waals surface area (Å²) in [4.78, 5) is 51.6. The van der Waals surface area contributed by atoms with Crippen LogP contribution in [0.25, 0.3) is 0 Å². The highest BCUT2D eigenvalue weighted by molar-refractivity contribution is 8.00. The van der Waals surface area contributed by atoms with Gasteiger partial charge in [0.1, 0.15) is 17.6 Å². The summed E-state index contributed by atoms with van der Waals surface area (Å²) >= 11 is 1.29. The Morgan fingerprint density at radius 2 is 1.65 bits per heavy atom. The summed E-state index contributed by atoms with van der Waals surface area (Å²) in [5, 5.41) is 13.9. The third kappa shape index (κ3) is 10.5. The van der Waals surface area contributed by atoms with Gasteiger partial charge in [0.2, 0.25) is 5.91 Å². The van der Waals surface area contributed by atoms with Crippen molar-refractivity contribution < 1.29 is 42.2 Å². The normalized spacial score (nSPS) is 16.4. The zero-order valence-corrected chi connectivity index (χ0v) is 27.6. The summed E-state index contributed by atoms with van der Waals surface area (Å²) in [5.74, 6) is -5.59. The summed E-state index contributed by atoms with van der Waals surface area (Å²) in [6.45, 7) is 7.43. The molecule has 1 aliphatic heterocycles. The van der Waals surface area contributed by atoms with Crippen LogP contribution in [0.3, 0.4) is 0 Å². The molecule has 254 valence electrons. The van der Waals surface area contributed by atoms with Gasteiger partial charge in [-0.15, -0.1) is 24.2 Å². The van der Waals surface area contributed by atoms with Crippen molar-refractivity contribution in [3.8, 4) is 5.75 Å². The van der Waals surface area contributed by atoms with Gasteiger partial charge in [-0.1, -0.05) is 39.8 Å². The van der Waals surface area contributed by atoms with Crippen molar-refractivity contribution in [2.75, 3.05) is 12.3 Å². The molecule has 0 saturated carbocycles. The van der Waals surface area contributed by atoms with Gasteiger partial charge in [-0.25, -0.2) is 18.0 Å². The second-order valence-electron chi connectivity index (χ2n) is 11.5. The van der Waals surface area contributed by atoms with E-state index in [0.717, 1.165) is 11.6 Å². The van der Waals surface area contributed by atoms with Crippen LogP contribution in [-0.4, -0.2) is 69.6 Å². The Labute approximate surface area is 276 Å². The molecule has 0 aliphatic carbocycles. The number of aliphatic carboxylic acids is 1.